The maximum Gasteiger partial charge on any atom is 0.410 e. The van der Waals surface area contributed by atoms with Crippen LogP contribution in [0.1, 0.15) is 37.9 Å². The number of aryl methyl sites for hydroxylation is 1. The molecule has 20 heavy (non-hydrogen) atoms. The monoisotopic (exact) mass is 276 g/mol. The molecule has 1 aromatic carbocycles. The van der Waals surface area contributed by atoms with Crippen LogP contribution in [0.15, 0.2) is 24.3 Å². The second-order valence-electron chi connectivity index (χ2n) is 6.25. The molecule has 1 N–H and O–H groups in total. The number of ether oxygens (including phenoxy) is 1. The molecule has 1 atom stereocenters. The Morgan fingerprint density at radius 1 is 1.35 bits per heavy atom. The van der Waals surface area contributed by atoms with Crippen molar-refractivity contribution in [3.8, 4) is 0 Å². The zero-order valence-corrected chi connectivity index (χ0v) is 12.8. The summed E-state index contributed by atoms with van der Waals surface area (Å²) in [6.07, 6.45) is -0.229. The van der Waals surface area contributed by atoms with E-state index in [1.807, 2.05) is 37.8 Å². The van der Waals surface area contributed by atoms with Gasteiger partial charge in [0.2, 0.25) is 0 Å². The Morgan fingerprint density at radius 3 is 2.70 bits per heavy atom. The summed E-state index contributed by atoms with van der Waals surface area (Å²) in [7, 11) is 0. The van der Waals surface area contributed by atoms with Crippen molar-refractivity contribution >= 4 is 6.09 Å². The fourth-order valence-corrected chi connectivity index (χ4v) is 2.48. The summed E-state index contributed by atoms with van der Waals surface area (Å²) in [4.78, 5) is 14.2. The highest BCUT2D eigenvalue weighted by atomic mass is 16.6. The van der Waals surface area contributed by atoms with E-state index < -0.39 is 5.60 Å². The lowest BCUT2D eigenvalue weighted by molar-refractivity contribution is 0.0117. The number of carbonyl (C=O) groups is 1. The molecule has 0 aromatic heterocycles. The third-order valence-corrected chi connectivity index (χ3v) is 3.42. The summed E-state index contributed by atoms with van der Waals surface area (Å²) < 4.78 is 5.53. The molecule has 1 amide bonds. The van der Waals surface area contributed by atoms with Crippen molar-refractivity contribution in [3.63, 3.8) is 0 Å². The number of amides is 1. The van der Waals surface area contributed by atoms with Gasteiger partial charge in [-0.15, -0.1) is 0 Å². The lowest BCUT2D eigenvalue weighted by atomic mass is 9.99. The molecule has 110 valence electrons. The van der Waals surface area contributed by atoms with Crippen molar-refractivity contribution < 1.29 is 9.53 Å². The highest BCUT2D eigenvalue weighted by Gasteiger charge is 2.31. The van der Waals surface area contributed by atoms with E-state index in [0.29, 0.717) is 6.54 Å². The number of hydrogen-bond acceptors (Lipinski definition) is 3. The molecule has 0 saturated carbocycles. The van der Waals surface area contributed by atoms with Crippen LogP contribution in [0.25, 0.3) is 0 Å². The Balaban J connectivity index is 2.22. The molecule has 1 aromatic rings. The lowest BCUT2D eigenvalue weighted by Gasteiger charge is -2.38. The number of hydrogen-bond donors (Lipinski definition) is 1. The van der Waals surface area contributed by atoms with E-state index in [1.54, 1.807) is 0 Å². The fourth-order valence-electron chi connectivity index (χ4n) is 2.48. The smallest absolute Gasteiger partial charge is 0.410 e. The van der Waals surface area contributed by atoms with Crippen LogP contribution in [0, 0.1) is 6.92 Å². The zero-order chi connectivity index (χ0) is 14.8. The van der Waals surface area contributed by atoms with Gasteiger partial charge in [0.15, 0.2) is 0 Å². The highest BCUT2D eigenvalue weighted by Crippen LogP contribution is 2.26. The van der Waals surface area contributed by atoms with Crippen LogP contribution < -0.4 is 5.32 Å². The summed E-state index contributed by atoms with van der Waals surface area (Å²) in [6.45, 7) is 10.0. The second kappa shape index (κ2) is 5.83. The molecule has 4 nitrogen and oxygen atoms in total. The number of nitrogens with zero attached hydrogens (tertiary/aromatic N) is 1. The van der Waals surface area contributed by atoms with Crippen molar-refractivity contribution in [2.45, 2.75) is 39.3 Å². The Labute approximate surface area is 121 Å². The maximum atomic E-state index is 12.4. The fraction of sp³-hybridized carbons (Fsp3) is 0.562. The van der Waals surface area contributed by atoms with Gasteiger partial charge in [-0.1, -0.05) is 24.3 Å². The molecule has 0 bridgehead atoms. The van der Waals surface area contributed by atoms with Crippen LogP contribution in [-0.4, -0.2) is 36.2 Å². The van der Waals surface area contributed by atoms with Crippen molar-refractivity contribution in [1.82, 2.24) is 10.2 Å². The summed E-state index contributed by atoms with van der Waals surface area (Å²) in [5.74, 6) is 0. The van der Waals surface area contributed by atoms with Crippen LogP contribution in [0.3, 0.4) is 0 Å². The topological polar surface area (TPSA) is 41.6 Å². The standard InChI is InChI=1S/C16H24N2O2/c1-12-7-5-6-8-13(12)14-11-17-9-10-18(14)15(19)20-16(2,3)4/h5-8,14,17H,9-11H2,1-4H3/t14-/m1/s1. The van der Waals surface area contributed by atoms with Crippen molar-refractivity contribution in [2.24, 2.45) is 0 Å². The van der Waals surface area contributed by atoms with Gasteiger partial charge in [-0.2, -0.15) is 0 Å². The average Bonchev–Trinajstić information content (AvgIpc) is 2.37. The van der Waals surface area contributed by atoms with Gasteiger partial charge in [-0.05, 0) is 38.8 Å². The summed E-state index contributed by atoms with van der Waals surface area (Å²) in [5, 5.41) is 3.36. The molecule has 0 radical (unpaired) electrons. The number of nitrogens with one attached hydrogen (secondary N) is 1. The van der Waals surface area contributed by atoms with Crippen molar-refractivity contribution in [1.29, 1.82) is 0 Å². The molecule has 4 heteroatoms. The van der Waals surface area contributed by atoms with E-state index in [1.165, 1.54) is 11.1 Å². The van der Waals surface area contributed by atoms with Gasteiger partial charge >= 0.3 is 6.09 Å². The van der Waals surface area contributed by atoms with E-state index in [4.69, 9.17) is 4.74 Å². The highest BCUT2D eigenvalue weighted by molar-refractivity contribution is 5.69. The van der Waals surface area contributed by atoms with Crippen LogP contribution >= 0.6 is 0 Å². The lowest BCUT2D eigenvalue weighted by Crippen LogP contribution is -2.50. The molecule has 1 saturated heterocycles. The Bertz CT molecular complexity index is 480. The SMILES string of the molecule is Cc1ccccc1[C@H]1CNCCN1C(=O)OC(C)(C)C. The van der Waals surface area contributed by atoms with E-state index in [0.717, 1.165) is 13.1 Å². The number of rotatable bonds is 1. The number of benzene rings is 1. The zero-order valence-electron chi connectivity index (χ0n) is 12.8. The Morgan fingerprint density at radius 2 is 2.05 bits per heavy atom. The predicted molar refractivity (Wildman–Crippen MR) is 79.7 cm³/mol. The minimum Gasteiger partial charge on any atom is -0.444 e. The van der Waals surface area contributed by atoms with Gasteiger partial charge < -0.3 is 10.1 Å². The first-order chi connectivity index (χ1) is 9.38. The quantitative estimate of drug-likeness (QED) is 0.857. The number of carbonyl (C=O) groups excluding carboxylic acids is 1. The van der Waals surface area contributed by atoms with E-state index >= 15 is 0 Å². The normalized spacial score (nSPS) is 19.8. The molecular weight excluding hydrogens is 252 g/mol. The van der Waals surface area contributed by atoms with Crippen molar-refractivity contribution in [3.05, 3.63) is 35.4 Å². The van der Waals surface area contributed by atoms with Crippen LogP contribution in [0.5, 0.6) is 0 Å². The van der Waals surface area contributed by atoms with Crippen LogP contribution in [0.2, 0.25) is 0 Å². The Kier molecular flexibility index (Phi) is 4.33. The number of piperazine rings is 1. The minimum atomic E-state index is -0.460. The molecule has 1 heterocycles. The largest absolute Gasteiger partial charge is 0.444 e. The first-order valence-electron chi connectivity index (χ1n) is 7.14. The average molecular weight is 276 g/mol. The minimum absolute atomic E-state index is 0.0415. The van der Waals surface area contributed by atoms with Gasteiger partial charge in [-0.25, -0.2) is 4.79 Å². The Hall–Kier alpha value is -1.55. The third kappa shape index (κ3) is 3.51. The molecule has 0 unspecified atom stereocenters. The molecule has 0 aliphatic carbocycles. The predicted octanol–water partition coefficient (Wildman–Crippen LogP) is 2.88. The summed E-state index contributed by atoms with van der Waals surface area (Å²) >= 11 is 0. The van der Waals surface area contributed by atoms with E-state index in [9.17, 15) is 4.79 Å². The van der Waals surface area contributed by atoms with Gasteiger partial charge in [-0.3, -0.25) is 4.90 Å². The van der Waals surface area contributed by atoms with E-state index in [-0.39, 0.29) is 12.1 Å². The molecule has 1 aliphatic rings. The molecule has 2 rings (SSSR count). The van der Waals surface area contributed by atoms with Crippen LogP contribution in [0.4, 0.5) is 4.79 Å². The summed E-state index contributed by atoms with van der Waals surface area (Å²) in [6, 6.07) is 8.25. The second-order valence-corrected chi connectivity index (χ2v) is 6.25. The van der Waals surface area contributed by atoms with Gasteiger partial charge in [0.05, 0.1) is 6.04 Å². The summed E-state index contributed by atoms with van der Waals surface area (Å²) in [5.41, 5.74) is 1.93. The third-order valence-electron chi connectivity index (χ3n) is 3.42. The van der Waals surface area contributed by atoms with Crippen LogP contribution in [-0.2, 0) is 4.74 Å². The maximum absolute atomic E-state index is 12.4. The van der Waals surface area contributed by atoms with Gasteiger partial charge in [0.25, 0.3) is 0 Å². The molecule has 0 spiro atoms. The first kappa shape index (κ1) is 14.9. The van der Waals surface area contributed by atoms with E-state index in [2.05, 4.69) is 24.4 Å². The van der Waals surface area contributed by atoms with Gasteiger partial charge in [0.1, 0.15) is 5.60 Å². The molecule has 1 fully saturated rings. The first-order valence-corrected chi connectivity index (χ1v) is 7.14. The van der Waals surface area contributed by atoms with Crippen molar-refractivity contribution in [2.75, 3.05) is 19.6 Å². The molecular formula is C16H24N2O2. The molecule has 1 aliphatic heterocycles. The van der Waals surface area contributed by atoms with Gasteiger partial charge in [0, 0.05) is 19.6 Å².